The molecule has 0 spiro atoms. The maximum atomic E-state index is 12.8. The number of benzene rings is 2. The van der Waals surface area contributed by atoms with Gasteiger partial charge in [0, 0.05) is 0 Å². The predicted molar refractivity (Wildman–Crippen MR) is 122 cm³/mol. The molecule has 2 atom stereocenters. The van der Waals surface area contributed by atoms with E-state index < -0.39 is 30.1 Å². The molecular formula is C25H32N2O5. The smallest absolute Gasteiger partial charge is 0.408 e. The van der Waals surface area contributed by atoms with Crippen LogP contribution in [0.25, 0.3) is 0 Å². The maximum Gasteiger partial charge on any atom is 0.408 e. The van der Waals surface area contributed by atoms with E-state index in [1.165, 1.54) is 0 Å². The van der Waals surface area contributed by atoms with Crippen LogP contribution >= 0.6 is 0 Å². The molecule has 0 radical (unpaired) electrons. The summed E-state index contributed by atoms with van der Waals surface area (Å²) in [5.74, 6) is -1.51. The lowest BCUT2D eigenvalue weighted by molar-refractivity contribution is -0.142. The Balaban J connectivity index is 1.90. The van der Waals surface area contributed by atoms with Crippen molar-refractivity contribution < 1.29 is 24.2 Å². The Morgan fingerprint density at radius 1 is 0.875 bits per heavy atom. The predicted octanol–water partition coefficient (Wildman–Crippen LogP) is 3.92. The number of hydrogen-bond donors (Lipinski definition) is 3. The molecule has 7 heteroatoms. The highest BCUT2D eigenvalue weighted by molar-refractivity contribution is 5.89. The van der Waals surface area contributed by atoms with Crippen LogP contribution in [0.2, 0.25) is 0 Å². The largest absolute Gasteiger partial charge is 0.480 e. The maximum absolute atomic E-state index is 12.8. The minimum Gasteiger partial charge on any atom is -0.480 e. The van der Waals surface area contributed by atoms with Crippen molar-refractivity contribution >= 4 is 18.0 Å². The van der Waals surface area contributed by atoms with Gasteiger partial charge in [-0.05, 0) is 42.7 Å². The number of nitrogens with one attached hydrogen (secondary N) is 2. The lowest BCUT2D eigenvalue weighted by Gasteiger charge is -2.22. The van der Waals surface area contributed by atoms with Crippen LogP contribution in [0.4, 0.5) is 4.79 Å². The van der Waals surface area contributed by atoms with Crippen LogP contribution < -0.4 is 10.6 Å². The lowest BCUT2D eigenvalue weighted by atomic mass is 10.0. The van der Waals surface area contributed by atoms with Crippen LogP contribution in [0.1, 0.15) is 44.2 Å². The topological polar surface area (TPSA) is 105 Å². The molecule has 0 bridgehead atoms. The highest BCUT2D eigenvalue weighted by atomic mass is 16.5. The fraction of sp³-hybridized carbons (Fsp3) is 0.400. The number of rotatable bonds is 12. The van der Waals surface area contributed by atoms with Crippen LogP contribution in [-0.2, 0) is 27.4 Å². The summed E-state index contributed by atoms with van der Waals surface area (Å²) in [6.07, 6.45) is 1.28. The third-order valence-electron chi connectivity index (χ3n) is 4.94. The molecule has 0 heterocycles. The van der Waals surface area contributed by atoms with Gasteiger partial charge in [-0.1, -0.05) is 74.5 Å². The highest BCUT2D eigenvalue weighted by Gasteiger charge is 2.27. The second-order valence-electron chi connectivity index (χ2n) is 8.17. The zero-order valence-corrected chi connectivity index (χ0v) is 18.6. The Morgan fingerprint density at radius 3 is 2.03 bits per heavy atom. The van der Waals surface area contributed by atoms with Crippen LogP contribution in [0, 0.1) is 5.92 Å². The molecule has 7 nitrogen and oxygen atoms in total. The Hall–Kier alpha value is -3.35. The lowest BCUT2D eigenvalue weighted by Crippen LogP contribution is -2.52. The molecule has 2 aromatic carbocycles. The van der Waals surface area contributed by atoms with Gasteiger partial charge in [-0.25, -0.2) is 9.59 Å². The summed E-state index contributed by atoms with van der Waals surface area (Å²) in [5, 5.41) is 14.7. The van der Waals surface area contributed by atoms with E-state index in [0.29, 0.717) is 19.3 Å². The molecular weight excluding hydrogens is 408 g/mol. The molecule has 0 unspecified atom stereocenters. The van der Waals surface area contributed by atoms with Gasteiger partial charge < -0.3 is 20.5 Å². The monoisotopic (exact) mass is 440 g/mol. The summed E-state index contributed by atoms with van der Waals surface area (Å²) in [5.41, 5.74) is 1.94. The summed E-state index contributed by atoms with van der Waals surface area (Å²) in [7, 11) is 0. The van der Waals surface area contributed by atoms with E-state index >= 15 is 0 Å². The van der Waals surface area contributed by atoms with Gasteiger partial charge in [-0.15, -0.1) is 0 Å². The number of amides is 2. The molecule has 0 aromatic heterocycles. The highest BCUT2D eigenvalue weighted by Crippen LogP contribution is 2.10. The number of aryl methyl sites for hydroxylation is 1. The normalized spacial score (nSPS) is 12.6. The zero-order chi connectivity index (χ0) is 23.3. The fourth-order valence-corrected chi connectivity index (χ4v) is 3.29. The number of alkyl carbamates (subject to hydrolysis) is 1. The van der Waals surface area contributed by atoms with Gasteiger partial charge in [0.2, 0.25) is 5.91 Å². The van der Waals surface area contributed by atoms with Crippen molar-refractivity contribution in [1.82, 2.24) is 10.6 Å². The average Bonchev–Trinajstić information content (AvgIpc) is 2.77. The van der Waals surface area contributed by atoms with Crippen LogP contribution in [0.15, 0.2) is 60.7 Å². The Kier molecular flexibility index (Phi) is 10.2. The second kappa shape index (κ2) is 13.1. The molecule has 0 aliphatic carbocycles. The van der Waals surface area contributed by atoms with Crippen molar-refractivity contribution in [3.63, 3.8) is 0 Å². The molecule has 0 saturated heterocycles. The number of ether oxygens (including phenoxy) is 1. The van der Waals surface area contributed by atoms with Gasteiger partial charge >= 0.3 is 12.1 Å². The van der Waals surface area contributed by atoms with Crippen molar-refractivity contribution in [2.24, 2.45) is 5.92 Å². The quantitative estimate of drug-likeness (QED) is 0.464. The first-order valence-corrected chi connectivity index (χ1v) is 10.9. The van der Waals surface area contributed by atoms with Gasteiger partial charge in [0.05, 0.1) is 0 Å². The van der Waals surface area contributed by atoms with E-state index in [9.17, 15) is 19.5 Å². The molecule has 32 heavy (non-hydrogen) atoms. The summed E-state index contributed by atoms with van der Waals surface area (Å²) >= 11 is 0. The van der Waals surface area contributed by atoms with Crippen LogP contribution in [0.3, 0.4) is 0 Å². The molecule has 2 rings (SSSR count). The molecule has 0 saturated carbocycles. The molecule has 2 amide bonds. The van der Waals surface area contributed by atoms with Crippen molar-refractivity contribution in [2.75, 3.05) is 0 Å². The minimum absolute atomic E-state index is 0.0833. The van der Waals surface area contributed by atoms with Crippen molar-refractivity contribution in [3.8, 4) is 0 Å². The van der Waals surface area contributed by atoms with Gasteiger partial charge in [0.25, 0.3) is 0 Å². The first kappa shape index (κ1) is 24.9. The third-order valence-corrected chi connectivity index (χ3v) is 4.94. The molecule has 172 valence electrons. The van der Waals surface area contributed by atoms with Crippen molar-refractivity contribution in [2.45, 2.75) is 58.2 Å². The number of hydrogen-bond acceptors (Lipinski definition) is 4. The summed E-state index contributed by atoms with van der Waals surface area (Å²) in [4.78, 5) is 36.7. The number of carbonyl (C=O) groups is 3. The Morgan fingerprint density at radius 2 is 1.47 bits per heavy atom. The van der Waals surface area contributed by atoms with E-state index in [0.717, 1.165) is 17.5 Å². The second-order valence-corrected chi connectivity index (χ2v) is 8.17. The third kappa shape index (κ3) is 9.20. The first-order valence-electron chi connectivity index (χ1n) is 10.9. The zero-order valence-electron chi connectivity index (χ0n) is 18.6. The molecule has 0 aliphatic heterocycles. The van der Waals surface area contributed by atoms with E-state index in [2.05, 4.69) is 10.6 Å². The van der Waals surface area contributed by atoms with Gasteiger partial charge in [-0.2, -0.15) is 0 Å². The molecule has 0 aliphatic rings. The fourth-order valence-electron chi connectivity index (χ4n) is 3.29. The van der Waals surface area contributed by atoms with Crippen LogP contribution in [0.5, 0.6) is 0 Å². The SMILES string of the molecule is CC(C)C[C@H](NC(=O)OCc1ccccc1)C(=O)N[C@H](CCCc1ccccc1)C(=O)O. The van der Waals surface area contributed by atoms with E-state index in [1.807, 2.05) is 74.5 Å². The van der Waals surface area contributed by atoms with Gasteiger partial charge in [-0.3, -0.25) is 4.79 Å². The molecule has 3 N–H and O–H groups in total. The van der Waals surface area contributed by atoms with Crippen LogP contribution in [-0.4, -0.2) is 35.2 Å². The number of carbonyl (C=O) groups excluding carboxylic acids is 2. The van der Waals surface area contributed by atoms with E-state index in [1.54, 1.807) is 0 Å². The van der Waals surface area contributed by atoms with Crippen molar-refractivity contribution in [3.05, 3.63) is 71.8 Å². The summed E-state index contributed by atoms with van der Waals surface area (Å²) < 4.78 is 5.21. The summed E-state index contributed by atoms with van der Waals surface area (Å²) in [6, 6.07) is 17.1. The van der Waals surface area contributed by atoms with E-state index in [4.69, 9.17) is 4.74 Å². The van der Waals surface area contributed by atoms with Gasteiger partial charge in [0.15, 0.2) is 0 Å². The number of aliphatic carboxylic acids is 1. The number of carboxylic acids is 1. The Bertz CT molecular complexity index is 855. The van der Waals surface area contributed by atoms with Gasteiger partial charge in [0.1, 0.15) is 18.7 Å². The minimum atomic E-state index is -1.10. The standard InChI is InChI=1S/C25H32N2O5/c1-18(2)16-22(27-25(31)32-17-20-12-7-4-8-13-20)23(28)26-21(24(29)30)15-9-14-19-10-5-3-6-11-19/h3-8,10-13,18,21-22H,9,14-17H2,1-2H3,(H,26,28)(H,27,31)(H,29,30)/t21-,22+/m1/s1. The molecule has 2 aromatic rings. The van der Waals surface area contributed by atoms with Crippen molar-refractivity contribution in [1.29, 1.82) is 0 Å². The Labute approximate surface area is 189 Å². The summed E-state index contributed by atoms with van der Waals surface area (Å²) in [6.45, 7) is 3.93. The molecule has 0 fully saturated rings. The average molecular weight is 441 g/mol. The number of carboxylic acid groups (broad SMARTS) is 1. The van der Waals surface area contributed by atoms with E-state index in [-0.39, 0.29) is 12.5 Å². The first-order chi connectivity index (χ1) is 15.3.